The lowest BCUT2D eigenvalue weighted by molar-refractivity contribution is 0.0696. The number of hydrogen-bond donors (Lipinski definition) is 2. The molecule has 0 radical (unpaired) electrons. The number of nitrogens with one attached hydrogen (secondary N) is 1. The van der Waals surface area contributed by atoms with E-state index in [1.807, 2.05) is 0 Å². The van der Waals surface area contributed by atoms with Crippen LogP contribution in [0.2, 0.25) is 0 Å². The molecule has 2 aromatic rings. The van der Waals surface area contributed by atoms with E-state index in [2.05, 4.69) is 10.2 Å². The zero-order chi connectivity index (χ0) is 9.42. The van der Waals surface area contributed by atoms with Crippen LogP contribution >= 0.6 is 0 Å². The van der Waals surface area contributed by atoms with E-state index in [-0.39, 0.29) is 11.1 Å². The Morgan fingerprint density at radius 1 is 1.54 bits per heavy atom. The van der Waals surface area contributed by atoms with Crippen molar-refractivity contribution in [3.63, 3.8) is 0 Å². The van der Waals surface area contributed by atoms with Gasteiger partial charge < -0.3 is 5.11 Å². The molecule has 0 amide bonds. The SMILES string of the molecule is O=C(O)c1cc(F)c2[nH]ncc2c1. The maximum absolute atomic E-state index is 13.1. The molecule has 1 aromatic heterocycles. The first-order valence-corrected chi connectivity index (χ1v) is 3.54. The minimum atomic E-state index is -1.15. The van der Waals surface area contributed by atoms with Crippen LogP contribution in [0.5, 0.6) is 0 Å². The van der Waals surface area contributed by atoms with E-state index in [1.54, 1.807) is 0 Å². The summed E-state index contributed by atoms with van der Waals surface area (Å²) >= 11 is 0. The van der Waals surface area contributed by atoms with Crippen LogP contribution in [0.1, 0.15) is 10.4 Å². The summed E-state index contributed by atoms with van der Waals surface area (Å²) in [5.74, 6) is -1.76. The fraction of sp³-hybridized carbons (Fsp3) is 0. The number of rotatable bonds is 1. The van der Waals surface area contributed by atoms with Crippen LogP contribution in [-0.4, -0.2) is 21.3 Å². The second kappa shape index (κ2) is 2.55. The van der Waals surface area contributed by atoms with E-state index in [9.17, 15) is 9.18 Å². The summed E-state index contributed by atoms with van der Waals surface area (Å²) in [6, 6.07) is 2.33. The second-order valence-electron chi connectivity index (χ2n) is 2.60. The van der Waals surface area contributed by atoms with Crippen molar-refractivity contribution in [1.82, 2.24) is 10.2 Å². The zero-order valence-electron chi connectivity index (χ0n) is 6.41. The molecule has 1 heterocycles. The van der Waals surface area contributed by atoms with Crippen LogP contribution in [0.15, 0.2) is 18.3 Å². The van der Waals surface area contributed by atoms with Gasteiger partial charge >= 0.3 is 5.97 Å². The maximum atomic E-state index is 13.1. The Hall–Kier alpha value is -1.91. The zero-order valence-corrected chi connectivity index (χ0v) is 6.41. The quantitative estimate of drug-likeness (QED) is 0.697. The smallest absolute Gasteiger partial charge is 0.335 e. The molecule has 4 nitrogen and oxygen atoms in total. The van der Waals surface area contributed by atoms with Crippen molar-refractivity contribution in [3.05, 3.63) is 29.7 Å². The lowest BCUT2D eigenvalue weighted by atomic mass is 10.1. The standard InChI is InChI=1S/C8H5FN2O2/c9-6-2-4(8(12)13)1-5-3-10-11-7(5)6/h1-3H,(H,10,11)(H,12,13). The molecule has 5 heteroatoms. The highest BCUT2D eigenvalue weighted by atomic mass is 19.1. The van der Waals surface area contributed by atoms with Gasteiger partial charge in [0.1, 0.15) is 11.3 Å². The second-order valence-corrected chi connectivity index (χ2v) is 2.60. The molecule has 0 aliphatic rings. The molecule has 0 spiro atoms. The summed E-state index contributed by atoms with van der Waals surface area (Å²) in [5, 5.41) is 15.1. The number of aromatic amines is 1. The highest BCUT2D eigenvalue weighted by Gasteiger charge is 2.09. The normalized spacial score (nSPS) is 10.5. The van der Waals surface area contributed by atoms with Crippen molar-refractivity contribution in [1.29, 1.82) is 0 Å². The van der Waals surface area contributed by atoms with Gasteiger partial charge in [-0.2, -0.15) is 5.10 Å². The average molecular weight is 180 g/mol. The van der Waals surface area contributed by atoms with Gasteiger partial charge in [0.25, 0.3) is 0 Å². The van der Waals surface area contributed by atoms with Gasteiger partial charge in [-0.3, -0.25) is 5.10 Å². The van der Waals surface area contributed by atoms with Crippen LogP contribution < -0.4 is 0 Å². The van der Waals surface area contributed by atoms with Gasteiger partial charge in [0.2, 0.25) is 0 Å². The molecular formula is C8H5FN2O2. The lowest BCUT2D eigenvalue weighted by Crippen LogP contribution is -1.96. The monoisotopic (exact) mass is 180 g/mol. The number of aromatic nitrogens is 2. The van der Waals surface area contributed by atoms with E-state index in [0.717, 1.165) is 6.07 Å². The fourth-order valence-corrected chi connectivity index (χ4v) is 1.14. The van der Waals surface area contributed by atoms with Crippen molar-refractivity contribution in [2.24, 2.45) is 0 Å². The molecular weight excluding hydrogens is 175 g/mol. The van der Waals surface area contributed by atoms with Gasteiger partial charge in [0.15, 0.2) is 0 Å². The Morgan fingerprint density at radius 3 is 3.00 bits per heavy atom. The average Bonchev–Trinajstić information content (AvgIpc) is 2.51. The minimum absolute atomic E-state index is 0.0774. The van der Waals surface area contributed by atoms with Crippen molar-refractivity contribution in [3.8, 4) is 0 Å². The number of aromatic carboxylic acids is 1. The van der Waals surface area contributed by atoms with Crippen LogP contribution in [0, 0.1) is 5.82 Å². The number of benzene rings is 1. The highest BCUT2D eigenvalue weighted by molar-refractivity contribution is 5.93. The van der Waals surface area contributed by atoms with Gasteiger partial charge in [-0.05, 0) is 12.1 Å². The third-order valence-corrected chi connectivity index (χ3v) is 1.75. The summed E-state index contributed by atoms with van der Waals surface area (Å²) in [6.07, 6.45) is 1.38. The largest absolute Gasteiger partial charge is 0.478 e. The molecule has 2 rings (SSSR count). The van der Waals surface area contributed by atoms with Gasteiger partial charge in [0, 0.05) is 5.39 Å². The molecule has 1 aromatic carbocycles. The molecule has 66 valence electrons. The predicted molar refractivity (Wildman–Crippen MR) is 43.0 cm³/mol. The first-order chi connectivity index (χ1) is 6.18. The summed E-state index contributed by atoms with van der Waals surface area (Å²) in [5.41, 5.74) is 0.149. The Bertz CT molecular complexity index is 478. The summed E-state index contributed by atoms with van der Waals surface area (Å²) in [6.45, 7) is 0. The number of hydrogen-bond acceptors (Lipinski definition) is 2. The van der Waals surface area contributed by atoms with Gasteiger partial charge in [-0.1, -0.05) is 0 Å². The van der Waals surface area contributed by atoms with Crippen molar-refractivity contribution in [2.45, 2.75) is 0 Å². The molecule has 0 fully saturated rings. The number of H-pyrrole nitrogens is 1. The Kier molecular flexibility index (Phi) is 1.51. The van der Waals surface area contributed by atoms with Crippen molar-refractivity contribution < 1.29 is 14.3 Å². The Morgan fingerprint density at radius 2 is 2.31 bits per heavy atom. The summed E-state index contributed by atoms with van der Waals surface area (Å²) in [4.78, 5) is 10.5. The predicted octanol–water partition coefficient (Wildman–Crippen LogP) is 1.40. The summed E-state index contributed by atoms with van der Waals surface area (Å²) in [7, 11) is 0. The molecule has 0 unspecified atom stereocenters. The summed E-state index contributed by atoms with van der Waals surface area (Å²) < 4.78 is 13.1. The molecule has 0 saturated carbocycles. The Labute approximate surface area is 72.0 Å². The van der Waals surface area contributed by atoms with Gasteiger partial charge in [0.05, 0.1) is 11.8 Å². The van der Waals surface area contributed by atoms with E-state index in [4.69, 9.17) is 5.11 Å². The van der Waals surface area contributed by atoms with Crippen LogP contribution in [0.3, 0.4) is 0 Å². The molecule has 13 heavy (non-hydrogen) atoms. The number of nitrogens with zero attached hydrogens (tertiary/aromatic N) is 1. The molecule has 0 bridgehead atoms. The van der Waals surface area contributed by atoms with Crippen molar-refractivity contribution >= 4 is 16.9 Å². The topological polar surface area (TPSA) is 66.0 Å². The number of fused-ring (bicyclic) bond motifs is 1. The van der Waals surface area contributed by atoms with E-state index >= 15 is 0 Å². The number of halogens is 1. The van der Waals surface area contributed by atoms with E-state index in [0.29, 0.717) is 5.39 Å². The number of carbonyl (C=O) groups is 1. The first kappa shape index (κ1) is 7.72. The molecule has 0 atom stereocenters. The van der Waals surface area contributed by atoms with Crippen LogP contribution in [0.4, 0.5) is 4.39 Å². The van der Waals surface area contributed by atoms with Gasteiger partial charge in [-0.15, -0.1) is 0 Å². The minimum Gasteiger partial charge on any atom is -0.478 e. The molecule has 0 saturated heterocycles. The number of carboxylic acids is 1. The first-order valence-electron chi connectivity index (χ1n) is 3.54. The molecule has 2 N–H and O–H groups in total. The van der Waals surface area contributed by atoms with Crippen LogP contribution in [-0.2, 0) is 0 Å². The highest BCUT2D eigenvalue weighted by Crippen LogP contribution is 2.17. The Balaban J connectivity index is 2.77. The third-order valence-electron chi connectivity index (χ3n) is 1.75. The maximum Gasteiger partial charge on any atom is 0.335 e. The van der Waals surface area contributed by atoms with E-state index in [1.165, 1.54) is 12.3 Å². The number of carboxylic acid groups (broad SMARTS) is 1. The van der Waals surface area contributed by atoms with Crippen molar-refractivity contribution in [2.75, 3.05) is 0 Å². The molecule has 0 aliphatic heterocycles. The van der Waals surface area contributed by atoms with Gasteiger partial charge in [-0.25, -0.2) is 9.18 Å². The van der Waals surface area contributed by atoms with E-state index < -0.39 is 11.8 Å². The lowest BCUT2D eigenvalue weighted by Gasteiger charge is -1.95. The van der Waals surface area contributed by atoms with Crippen LogP contribution in [0.25, 0.3) is 10.9 Å². The fourth-order valence-electron chi connectivity index (χ4n) is 1.14. The molecule has 0 aliphatic carbocycles. The third kappa shape index (κ3) is 1.14.